The first-order valence-electron chi connectivity index (χ1n) is 11.0. The molecule has 2 saturated heterocycles. The van der Waals surface area contributed by atoms with Crippen LogP contribution in [0.5, 0.6) is 0 Å². The summed E-state index contributed by atoms with van der Waals surface area (Å²) in [5, 5.41) is 15.0. The number of fused-ring (bicyclic) bond motifs is 1. The lowest BCUT2D eigenvalue weighted by atomic mass is 9.96. The maximum absolute atomic E-state index is 13.1. The number of carbonyl (C=O) groups is 1. The third-order valence-corrected chi connectivity index (χ3v) is 6.38. The summed E-state index contributed by atoms with van der Waals surface area (Å²) in [7, 11) is 0. The predicted molar refractivity (Wildman–Crippen MR) is 118 cm³/mol. The van der Waals surface area contributed by atoms with Crippen molar-refractivity contribution in [3.8, 4) is 5.69 Å². The van der Waals surface area contributed by atoms with Crippen molar-refractivity contribution in [2.45, 2.75) is 26.7 Å². The molecule has 0 radical (unpaired) electrons. The van der Waals surface area contributed by atoms with E-state index in [4.69, 9.17) is 9.84 Å². The molecule has 0 N–H and O–H groups in total. The number of benzene rings is 1. The molecule has 8 heteroatoms. The van der Waals surface area contributed by atoms with Gasteiger partial charge in [0, 0.05) is 26.2 Å². The van der Waals surface area contributed by atoms with Crippen molar-refractivity contribution in [3.63, 3.8) is 0 Å². The summed E-state index contributed by atoms with van der Waals surface area (Å²) in [6, 6.07) is 10.1. The summed E-state index contributed by atoms with van der Waals surface area (Å²) in [6.07, 6.45) is 1.86. The van der Waals surface area contributed by atoms with Gasteiger partial charge < -0.3 is 14.5 Å². The van der Waals surface area contributed by atoms with E-state index in [1.165, 1.54) is 0 Å². The fourth-order valence-corrected chi connectivity index (χ4v) is 4.76. The van der Waals surface area contributed by atoms with Crippen LogP contribution in [0.15, 0.2) is 30.3 Å². The van der Waals surface area contributed by atoms with Crippen molar-refractivity contribution in [3.05, 3.63) is 41.7 Å². The lowest BCUT2D eigenvalue weighted by Crippen LogP contribution is -2.48. The number of piperidine rings is 1. The molecule has 2 aliphatic heterocycles. The Morgan fingerprint density at radius 3 is 2.61 bits per heavy atom. The fourth-order valence-electron chi connectivity index (χ4n) is 4.76. The molecule has 1 amide bonds. The predicted octanol–water partition coefficient (Wildman–Crippen LogP) is 2.51. The van der Waals surface area contributed by atoms with E-state index in [0.29, 0.717) is 32.8 Å². The zero-order chi connectivity index (χ0) is 21.4. The van der Waals surface area contributed by atoms with Gasteiger partial charge in [0.25, 0.3) is 0 Å². The van der Waals surface area contributed by atoms with E-state index in [9.17, 15) is 4.79 Å². The molecule has 162 valence electrons. The number of aryl methyl sites for hydroxylation is 2. The number of anilines is 1. The lowest BCUT2D eigenvalue weighted by molar-refractivity contribution is -0.139. The molecule has 8 nitrogen and oxygen atoms in total. The van der Waals surface area contributed by atoms with Gasteiger partial charge in [0.1, 0.15) is 5.52 Å². The van der Waals surface area contributed by atoms with Crippen LogP contribution in [0.3, 0.4) is 0 Å². The molecule has 1 aromatic carbocycles. The van der Waals surface area contributed by atoms with Gasteiger partial charge in [-0.3, -0.25) is 4.79 Å². The zero-order valence-corrected chi connectivity index (χ0v) is 18.1. The molecule has 0 aliphatic carbocycles. The topological polar surface area (TPSA) is 76.4 Å². The number of hydrogen-bond donors (Lipinski definition) is 0. The third-order valence-electron chi connectivity index (χ3n) is 6.38. The zero-order valence-electron chi connectivity index (χ0n) is 18.1. The van der Waals surface area contributed by atoms with Gasteiger partial charge in [0.15, 0.2) is 5.82 Å². The van der Waals surface area contributed by atoms with Gasteiger partial charge in [-0.1, -0.05) is 18.2 Å². The Morgan fingerprint density at radius 2 is 1.84 bits per heavy atom. The highest BCUT2D eigenvalue weighted by Crippen LogP contribution is 2.32. The maximum atomic E-state index is 13.1. The van der Waals surface area contributed by atoms with Crippen LogP contribution in [0.4, 0.5) is 5.82 Å². The van der Waals surface area contributed by atoms with E-state index >= 15 is 0 Å². The standard InChI is InChI=1S/C23H28N6O2/c1-16-20-17(2)29(19-8-4-3-5-9-19)26-21(20)22(25-24-16)28-10-6-7-18(15-28)23(30)27-11-13-31-14-12-27/h3-5,8-9,18H,6-7,10-15H2,1-2H3. The average molecular weight is 421 g/mol. The van der Waals surface area contributed by atoms with Gasteiger partial charge in [0.05, 0.1) is 41.6 Å². The van der Waals surface area contributed by atoms with Crippen LogP contribution in [-0.2, 0) is 9.53 Å². The van der Waals surface area contributed by atoms with Gasteiger partial charge in [-0.2, -0.15) is 10.2 Å². The smallest absolute Gasteiger partial charge is 0.227 e. The van der Waals surface area contributed by atoms with E-state index in [0.717, 1.165) is 53.2 Å². The lowest BCUT2D eigenvalue weighted by Gasteiger charge is -2.36. The first-order chi connectivity index (χ1) is 15.1. The molecular formula is C23H28N6O2. The number of hydrogen-bond acceptors (Lipinski definition) is 6. The largest absolute Gasteiger partial charge is 0.378 e. The Labute approximate surface area is 181 Å². The molecule has 1 unspecified atom stereocenters. The Bertz CT molecular complexity index is 1090. The third kappa shape index (κ3) is 3.65. The van der Waals surface area contributed by atoms with Crippen molar-refractivity contribution in [1.29, 1.82) is 0 Å². The quantitative estimate of drug-likeness (QED) is 0.648. The molecule has 31 heavy (non-hydrogen) atoms. The van der Waals surface area contributed by atoms with Gasteiger partial charge >= 0.3 is 0 Å². The molecule has 5 rings (SSSR count). The molecule has 4 heterocycles. The second kappa shape index (κ2) is 8.26. The molecule has 2 aromatic heterocycles. The highest BCUT2D eigenvalue weighted by molar-refractivity contribution is 5.92. The fraction of sp³-hybridized carbons (Fsp3) is 0.478. The Balaban J connectivity index is 1.48. The number of nitrogens with zero attached hydrogens (tertiary/aromatic N) is 6. The van der Waals surface area contributed by atoms with Crippen molar-refractivity contribution in [2.24, 2.45) is 5.92 Å². The van der Waals surface area contributed by atoms with E-state index in [-0.39, 0.29) is 11.8 Å². The monoisotopic (exact) mass is 420 g/mol. The minimum Gasteiger partial charge on any atom is -0.378 e. The van der Waals surface area contributed by atoms with Crippen LogP contribution in [0.1, 0.15) is 24.2 Å². The van der Waals surface area contributed by atoms with E-state index in [2.05, 4.69) is 22.0 Å². The van der Waals surface area contributed by atoms with Crippen LogP contribution in [0, 0.1) is 19.8 Å². The number of aromatic nitrogens is 4. The summed E-state index contributed by atoms with van der Waals surface area (Å²) in [5.74, 6) is 0.982. The van der Waals surface area contributed by atoms with Crippen LogP contribution in [0.25, 0.3) is 16.6 Å². The van der Waals surface area contributed by atoms with Crippen LogP contribution in [-0.4, -0.2) is 70.2 Å². The highest BCUT2D eigenvalue weighted by Gasteiger charge is 2.32. The normalized spacial score (nSPS) is 19.7. The number of rotatable bonds is 3. The number of ether oxygens (including phenoxy) is 1. The molecule has 1 atom stereocenters. The molecule has 0 bridgehead atoms. The Hall–Kier alpha value is -3.00. The van der Waals surface area contributed by atoms with Crippen LogP contribution >= 0.6 is 0 Å². The van der Waals surface area contributed by atoms with Crippen LogP contribution < -0.4 is 4.90 Å². The van der Waals surface area contributed by atoms with E-state index < -0.39 is 0 Å². The molecular weight excluding hydrogens is 392 g/mol. The SMILES string of the molecule is Cc1nnc(N2CCCC(C(=O)N3CCOCC3)C2)c2nn(-c3ccccc3)c(C)c12. The van der Waals surface area contributed by atoms with E-state index in [1.807, 2.05) is 46.8 Å². The molecule has 0 saturated carbocycles. The van der Waals surface area contributed by atoms with E-state index in [1.54, 1.807) is 0 Å². The average Bonchev–Trinajstić information content (AvgIpc) is 3.18. The summed E-state index contributed by atoms with van der Waals surface area (Å²) < 4.78 is 7.37. The Morgan fingerprint density at radius 1 is 1.06 bits per heavy atom. The minimum absolute atomic E-state index is 0.0256. The summed E-state index contributed by atoms with van der Waals surface area (Å²) in [6.45, 7) is 8.18. The van der Waals surface area contributed by atoms with Crippen molar-refractivity contribution in [1.82, 2.24) is 24.9 Å². The van der Waals surface area contributed by atoms with Gasteiger partial charge in [0.2, 0.25) is 5.91 Å². The van der Waals surface area contributed by atoms with Gasteiger partial charge in [-0.25, -0.2) is 4.68 Å². The van der Waals surface area contributed by atoms with Crippen molar-refractivity contribution >= 4 is 22.6 Å². The minimum atomic E-state index is -0.0256. The first kappa shape index (κ1) is 19.9. The van der Waals surface area contributed by atoms with Crippen LogP contribution in [0.2, 0.25) is 0 Å². The Kier molecular flexibility index (Phi) is 5.31. The maximum Gasteiger partial charge on any atom is 0.227 e. The summed E-state index contributed by atoms with van der Waals surface area (Å²) in [5.41, 5.74) is 3.79. The molecule has 3 aromatic rings. The number of para-hydroxylation sites is 1. The summed E-state index contributed by atoms with van der Waals surface area (Å²) in [4.78, 5) is 17.2. The molecule has 0 spiro atoms. The number of carbonyl (C=O) groups excluding carboxylic acids is 1. The number of amides is 1. The number of morpholine rings is 1. The van der Waals surface area contributed by atoms with Crippen molar-refractivity contribution < 1.29 is 9.53 Å². The second-order valence-electron chi connectivity index (χ2n) is 8.39. The van der Waals surface area contributed by atoms with Crippen molar-refractivity contribution in [2.75, 3.05) is 44.3 Å². The molecule has 2 fully saturated rings. The molecule has 2 aliphatic rings. The second-order valence-corrected chi connectivity index (χ2v) is 8.39. The first-order valence-corrected chi connectivity index (χ1v) is 11.0. The highest BCUT2D eigenvalue weighted by atomic mass is 16.5. The van der Waals surface area contributed by atoms with Gasteiger partial charge in [-0.15, -0.1) is 5.10 Å². The van der Waals surface area contributed by atoms with Gasteiger partial charge in [-0.05, 0) is 38.8 Å². The summed E-state index contributed by atoms with van der Waals surface area (Å²) >= 11 is 0.